The van der Waals surface area contributed by atoms with Gasteiger partial charge in [-0.1, -0.05) is 42.5 Å². The minimum Gasteiger partial charge on any atom is -0.490 e. The monoisotopic (exact) mass is 505 g/mol. The normalized spacial score (nSPS) is 10.9. The number of nitrogens with one attached hydrogen (secondary N) is 1. The quantitative estimate of drug-likeness (QED) is 0.213. The summed E-state index contributed by atoms with van der Waals surface area (Å²) in [6, 6.07) is 18.4. The fourth-order valence-corrected chi connectivity index (χ4v) is 3.64. The summed E-state index contributed by atoms with van der Waals surface area (Å²) < 4.78 is 12.9. The Kier molecular flexibility index (Phi) is 7.05. The van der Waals surface area contributed by atoms with Gasteiger partial charge in [-0.25, -0.2) is 0 Å². The van der Waals surface area contributed by atoms with Gasteiger partial charge in [-0.05, 0) is 75.8 Å². The van der Waals surface area contributed by atoms with Crippen molar-refractivity contribution in [3.05, 3.63) is 69.3 Å². The van der Waals surface area contributed by atoms with Crippen molar-refractivity contribution in [1.82, 2.24) is 5.43 Å². The van der Waals surface area contributed by atoms with Crippen LogP contribution in [0.15, 0.2) is 59.7 Å². The van der Waals surface area contributed by atoms with Crippen LogP contribution >= 0.6 is 34.8 Å². The van der Waals surface area contributed by atoms with Gasteiger partial charge in [0, 0.05) is 0 Å². The minimum atomic E-state index is 0.117. The van der Waals surface area contributed by atoms with Gasteiger partial charge in [-0.3, -0.25) is 5.43 Å². The molecule has 0 amide bonds. The summed E-state index contributed by atoms with van der Waals surface area (Å²) in [5.74, 6) is 1.39. The zero-order valence-corrected chi connectivity index (χ0v) is 18.3. The number of hydrogen-bond acceptors (Lipinski definition) is 4. The van der Waals surface area contributed by atoms with E-state index < -0.39 is 0 Å². The highest BCUT2D eigenvalue weighted by Crippen LogP contribution is 2.35. The SMILES string of the molecule is CCOc1cc(/C=N\NC(N)=S)cc(I)c1OCc1cccc2ccccc12. The van der Waals surface area contributed by atoms with Crippen LogP contribution in [0.2, 0.25) is 0 Å². The van der Waals surface area contributed by atoms with E-state index in [1.807, 2.05) is 37.3 Å². The summed E-state index contributed by atoms with van der Waals surface area (Å²) in [4.78, 5) is 0. The van der Waals surface area contributed by atoms with Crippen LogP contribution in [0.3, 0.4) is 0 Å². The second-order valence-corrected chi connectivity index (χ2v) is 7.53. The first-order valence-electron chi connectivity index (χ1n) is 8.72. The Bertz CT molecular complexity index is 1020. The van der Waals surface area contributed by atoms with Crippen molar-refractivity contribution in [2.75, 3.05) is 6.61 Å². The number of thiocarbonyl (C=S) groups is 1. The number of ether oxygens (including phenoxy) is 2. The molecule has 0 saturated carbocycles. The standard InChI is InChI=1S/C21H20IN3O2S/c1-2-26-19-11-14(12-24-25-21(23)28)10-18(22)20(19)27-13-16-8-5-7-15-6-3-4-9-17(15)16/h3-12H,2,13H2,1H3,(H3,23,25,28)/b24-12-. The first-order valence-corrected chi connectivity index (χ1v) is 10.2. The molecule has 3 aromatic carbocycles. The highest BCUT2D eigenvalue weighted by Gasteiger charge is 2.13. The van der Waals surface area contributed by atoms with E-state index in [0.717, 1.165) is 20.4 Å². The van der Waals surface area contributed by atoms with Crippen LogP contribution in [0.1, 0.15) is 18.1 Å². The number of hydrazone groups is 1. The highest BCUT2D eigenvalue weighted by atomic mass is 127. The molecule has 3 N–H and O–H groups in total. The fraction of sp³-hybridized carbons (Fsp3) is 0.143. The molecule has 0 unspecified atom stereocenters. The van der Waals surface area contributed by atoms with E-state index in [1.54, 1.807) is 6.21 Å². The molecular formula is C21H20IN3O2S. The maximum atomic E-state index is 6.18. The van der Waals surface area contributed by atoms with Crippen molar-refractivity contribution < 1.29 is 9.47 Å². The lowest BCUT2D eigenvalue weighted by molar-refractivity contribution is 0.268. The van der Waals surface area contributed by atoms with E-state index in [-0.39, 0.29) is 5.11 Å². The molecule has 0 bridgehead atoms. The van der Waals surface area contributed by atoms with Gasteiger partial charge in [0.15, 0.2) is 16.6 Å². The van der Waals surface area contributed by atoms with E-state index >= 15 is 0 Å². The van der Waals surface area contributed by atoms with Gasteiger partial charge in [0.1, 0.15) is 6.61 Å². The number of fused-ring (bicyclic) bond motifs is 1. The first kappa shape index (κ1) is 20.3. The Labute approximate surface area is 183 Å². The molecule has 0 aliphatic heterocycles. The van der Waals surface area contributed by atoms with E-state index in [0.29, 0.717) is 19.0 Å². The lowest BCUT2D eigenvalue weighted by Gasteiger charge is -2.15. The molecule has 0 atom stereocenters. The molecule has 7 heteroatoms. The maximum absolute atomic E-state index is 6.18. The van der Waals surface area contributed by atoms with Crippen LogP contribution in [0.4, 0.5) is 0 Å². The molecule has 144 valence electrons. The molecule has 0 aromatic heterocycles. The summed E-state index contributed by atoms with van der Waals surface area (Å²) in [7, 11) is 0. The van der Waals surface area contributed by atoms with Gasteiger partial charge in [0.2, 0.25) is 0 Å². The third-order valence-electron chi connectivity index (χ3n) is 3.97. The molecule has 3 rings (SSSR count). The van der Waals surface area contributed by atoms with Gasteiger partial charge >= 0.3 is 0 Å². The average Bonchev–Trinajstić information content (AvgIpc) is 2.67. The Morgan fingerprint density at radius 3 is 2.75 bits per heavy atom. The predicted octanol–water partition coefficient (Wildman–Crippen LogP) is 4.59. The van der Waals surface area contributed by atoms with E-state index in [4.69, 9.17) is 27.4 Å². The molecule has 0 spiro atoms. The third-order valence-corrected chi connectivity index (χ3v) is 4.86. The Morgan fingerprint density at radius 2 is 1.96 bits per heavy atom. The predicted molar refractivity (Wildman–Crippen MR) is 126 cm³/mol. The lowest BCUT2D eigenvalue weighted by atomic mass is 10.1. The van der Waals surface area contributed by atoms with Crippen molar-refractivity contribution in [2.45, 2.75) is 13.5 Å². The number of nitrogens with zero attached hydrogens (tertiary/aromatic N) is 1. The highest BCUT2D eigenvalue weighted by molar-refractivity contribution is 14.1. The van der Waals surface area contributed by atoms with Crippen molar-refractivity contribution in [2.24, 2.45) is 10.8 Å². The molecule has 5 nitrogen and oxygen atoms in total. The Morgan fingerprint density at radius 1 is 1.18 bits per heavy atom. The van der Waals surface area contributed by atoms with Crippen LogP contribution in [-0.4, -0.2) is 17.9 Å². The van der Waals surface area contributed by atoms with Crippen molar-refractivity contribution >= 4 is 56.9 Å². The summed E-state index contributed by atoms with van der Waals surface area (Å²) in [5, 5.41) is 6.50. The second kappa shape index (κ2) is 9.70. The van der Waals surface area contributed by atoms with Crippen LogP contribution in [0.5, 0.6) is 11.5 Å². The average molecular weight is 505 g/mol. The lowest BCUT2D eigenvalue weighted by Crippen LogP contribution is -2.24. The van der Waals surface area contributed by atoms with Crippen LogP contribution in [0, 0.1) is 3.57 Å². The number of nitrogens with two attached hydrogens (primary N) is 1. The zero-order valence-electron chi connectivity index (χ0n) is 15.3. The zero-order chi connectivity index (χ0) is 19.9. The van der Waals surface area contributed by atoms with Gasteiger partial charge in [-0.2, -0.15) is 5.10 Å². The van der Waals surface area contributed by atoms with Gasteiger partial charge < -0.3 is 15.2 Å². The summed E-state index contributed by atoms with van der Waals surface area (Å²) >= 11 is 6.99. The topological polar surface area (TPSA) is 68.9 Å². The van der Waals surface area contributed by atoms with Gasteiger partial charge in [0.25, 0.3) is 0 Å². The number of halogens is 1. The van der Waals surface area contributed by atoms with Crippen LogP contribution in [0.25, 0.3) is 10.8 Å². The largest absolute Gasteiger partial charge is 0.490 e. The van der Waals surface area contributed by atoms with Crippen LogP contribution in [-0.2, 0) is 6.61 Å². The summed E-state index contributed by atoms with van der Waals surface area (Å²) in [6.45, 7) is 2.93. The molecule has 0 aliphatic carbocycles. The van der Waals surface area contributed by atoms with Gasteiger partial charge in [0.05, 0.1) is 16.4 Å². The molecule has 0 radical (unpaired) electrons. The maximum Gasteiger partial charge on any atom is 0.184 e. The smallest absolute Gasteiger partial charge is 0.184 e. The van der Waals surface area contributed by atoms with Gasteiger partial charge in [-0.15, -0.1) is 0 Å². The third kappa shape index (κ3) is 5.11. The summed E-state index contributed by atoms with van der Waals surface area (Å²) in [5.41, 5.74) is 9.91. The van der Waals surface area contributed by atoms with Crippen LogP contribution < -0.4 is 20.6 Å². The molecule has 0 fully saturated rings. The molecule has 0 saturated heterocycles. The Balaban J connectivity index is 1.86. The van der Waals surface area contributed by atoms with Crippen molar-refractivity contribution in [3.8, 4) is 11.5 Å². The van der Waals surface area contributed by atoms with E-state index in [2.05, 4.69) is 57.4 Å². The van der Waals surface area contributed by atoms with E-state index in [9.17, 15) is 0 Å². The molecule has 28 heavy (non-hydrogen) atoms. The van der Waals surface area contributed by atoms with Crippen molar-refractivity contribution in [1.29, 1.82) is 0 Å². The van der Waals surface area contributed by atoms with E-state index in [1.165, 1.54) is 10.8 Å². The minimum absolute atomic E-state index is 0.117. The second-order valence-electron chi connectivity index (χ2n) is 5.92. The molecular weight excluding hydrogens is 485 g/mol. The number of hydrogen-bond donors (Lipinski definition) is 2. The first-order chi connectivity index (χ1) is 13.6. The number of benzene rings is 3. The van der Waals surface area contributed by atoms with Crippen molar-refractivity contribution in [3.63, 3.8) is 0 Å². The Hall–Kier alpha value is -2.39. The summed E-state index contributed by atoms with van der Waals surface area (Å²) in [6.07, 6.45) is 1.64. The number of rotatable bonds is 7. The molecule has 3 aromatic rings. The molecule has 0 heterocycles. The molecule has 0 aliphatic rings. The fourth-order valence-electron chi connectivity index (χ4n) is 2.80.